The summed E-state index contributed by atoms with van der Waals surface area (Å²) in [5.74, 6) is -0.869. The fourth-order valence-corrected chi connectivity index (χ4v) is 1.07. The number of nitrogens with two attached hydrogens (primary N) is 1. The summed E-state index contributed by atoms with van der Waals surface area (Å²) >= 11 is 0. The van der Waals surface area contributed by atoms with Crippen molar-refractivity contribution >= 4 is 11.6 Å². The van der Waals surface area contributed by atoms with E-state index in [2.05, 4.69) is 5.10 Å². The van der Waals surface area contributed by atoms with Crippen molar-refractivity contribution in [3.63, 3.8) is 0 Å². The molecule has 0 bridgehead atoms. The number of aliphatic hydroxyl groups is 1. The fourth-order valence-electron chi connectivity index (χ4n) is 1.07. The highest BCUT2D eigenvalue weighted by atomic mass is 19.4. The maximum absolute atomic E-state index is 11.9. The van der Waals surface area contributed by atoms with Gasteiger partial charge in [-0.05, 0) is 0 Å². The van der Waals surface area contributed by atoms with Gasteiger partial charge >= 0.3 is 6.18 Å². The van der Waals surface area contributed by atoms with Gasteiger partial charge in [0.05, 0.1) is 12.2 Å². The summed E-state index contributed by atoms with van der Waals surface area (Å²) < 4.78 is 37.1. The lowest BCUT2D eigenvalue weighted by molar-refractivity contribution is -0.201. The van der Waals surface area contributed by atoms with Gasteiger partial charge in [0.25, 0.3) is 5.91 Å². The molecule has 0 spiro atoms. The van der Waals surface area contributed by atoms with Crippen molar-refractivity contribution in [3.8, 4) is 0 Å². The van der Waals surface area contributed by atoms with Crippen LogP contribution in [0.4, 0.5) is 18.9 Å². The average Bonchev–Trinajstić information content (AvgIpc) is 2.52. The Morgan fingerprint density at radius 1 is 1.71 bits per heavy atom. The van der Waals surface area contributed by atoms with Gasteiger partial charge in [-0.3, -0.25) is 9.48 Å². The minimum absolute atomic E-state index is 0.0477. The number of amides is 1. The summed E-state index contributed by atoms with van der Waals surface area (Å²) in [4.78, 5) is 11.4. The van der Waals surface area contributed by atoms with Crippen LogP contribution in [0.1, 0.15) is 10.5 Å². The van der Waals surface area contributed by atoms with Crippen molar-refractivity contribution in [2.75, 3.05) is 12.3 Å². The van der Waals surface area contributed by atoms with Crippen molar-refractivity contribution in [3.05, 3.63) is 11.9 Å². The molecule has 0 radical (unpaired) electrons. The molecule has 0 fully saturated rings. The molecule has 1 aromatic heterocycles. The van der Waals surface area contributed by atoms with E-state index in [-0.39, 0.29) is 11.4 Å². The zero-order chi connectivity index (χ0) is 13.2. The SMILES string of the molecule is Cn1cc(N)c(C(=O)NCC(O)C(F)(F)F)n1. The second-order valence-corrected chi connectivity index (χ2v) is 3.37. The van der Waals surface area contributed by atoms with Crippen LogP contribution >= 0.6 is 0 Å². The number of halogens is 3. The highest BCUT2D eigenvalue weighted by molar-refractivity contribution is 5.96. The van der Waals surface area contributed by atoms with Crippen LogP contribution in [-0.2, 0) is 7.05 Å². The van der Waals surface area contributed by atoms with Gasteiger partial charge in [-0.15, -0.1) is 0 Å². The van der Waals surface area contributed by atoms with E-state index in [0.29, 0.717) is 0 Å². The molecule has 0 aromatic carbocycles. The largest absolute Gasteiger partial charge is 0.416 e. The number of nitrogens with zero attached hydrogens (tertiary/aromatic N) is 2. The van der Waals surface area contributed by atoms with E-state index < -0.39 is 24.7 Å². The molecule has 0 aliphatic heterocycles. The van der Waals surface area contributed by atoms with E-state index in [1.54, 1.807) is 0 Å². The number of aromatic nitrogens is 2. The number of hydrogen-bond acceptors (Lipinski definition) is 4. The molecule has 1 amide bonds. The first kappa shape index (κ1) is 13.3. The smallest absolute Gasteiger partial charge is 0.396 e. The number of nitrogens with one attached hydrogen (secondary N) is 1. The third-order valence-corrected chi connectivity index (χ3v) is 1.91. The Morgan fingerprint density at radius 2 is 2.29 bits per heavy atom. The van der Waals surface area contributed by atoms with Crippen LogP contribution in [-0.4, -0.2) is 39.6 Å². The predicted octanol–water partition coefficient (Wildman–Crippen LogP) is -0.345. The van der Waals surface area contributed by atoms with E-state index in [9.17, 15) is 18.0 Å². The predicted molar refractivity (Wildman–Crippen MR) is 52.0 cm³/mol. The Kier molecular flexibility index (Phi) is 3.61. The molecule has 96 valence electrons. The lowest BCUT2D eigenvalue weighted by Gasteiger charge is -2.14. The van der Waals surface area contributed by atoms with Gasteiger partial charge in [0, 0.05) is 13.2 Å². The molecule has 0 saturated heterocycles. The highest BCUT2D eigenvalue weighted by Gasteiger charge is 2.38. The van der Waals surface area contributed by atoms with E-state index in [0.717, 1.165) is 0 Å². The minimum atomic E-state index is -4.77. The normalized spacial score (nSPS) is 13.5. The average molecular weight is 252 g/mol. The number of carbonyl (C=O) groups excluding carboxylic acids is 1. The van der Waals surface area contributed by atoms with Gasteiger partial charge in [0.1, 0.15) is 0 Å². The lowest BCUT2D eigenvalue weighted by Crippen LogP contribution is -2.40. The number of aliphatic hydroxyl groups excluding tert-OH is 1. The molecule has 0 aliphatic rings. The van der Waals surface area contributed by atoms with E-state index >= 15 is 0 Å². The summed E-state index contributed by atoms with van der Waals surface area (Å²) in [5, 5.41) is 14.2. The van der Waals surface area contributed by atoms with E-state index in [4.69, 9.17) is 10.8 Å². The second-order valence-electron chi connectivity index (χ2n) is 3.37. The van der Waals surface area contributed by atoms with Gasteiger partial charge < -0.3 is 16.2 Å². The number of anilines is 1. The first-order valence-corrected chi connectivity index (χ1v) is 4.54. The Labute approximate surface area is 94.2 Å². The molecule has 0 saturated carbocycles. The molecule has 0 aliphatic carbocycles. The van der Waals surface area contributed by atoms with E-state index in [1.165, 1.54) is 17.9 Å². The van der Waals surface area contributed by atoms with Gasteiger partial charge in [0.2, 0.25) is 0 Å². The zero-order valence-electron chi connectivity index (χ0n) is 8.82. The molecule has 1 heterocycles. The molecule has 4 N–H and O–H groups in total. The fraction of sp³-hybridized carbons (Fsp3) is 0.500. The first-order chi connectivity index (χ1) is 7.71. The first-order valence-electron chi connectivity index (χ1n) is 4.54. The summed E-state index contributed by atoms with van der Waals surface area (Å²) in [7, 11) is 1.51. The van der Waals surface area contributed by atoms with Crippen molar-refractivity contribution in [1.82, 2.24) is 15.1 Å². The Balaban J connectivity index is 2.60. The van der Waals surface area contributed by atoms with Gasteiger partial charge in [-0.1, -0.05) is 0 Å². The van der Waals surface area contributed by atoms with Gasteiger partial charge in [-0.25, -0.2) is 0 Å². The Bertz CT molecular complexity index is 415. The molecule has 1 unspecified atom stereocenters. The Hall–Kier alpha value is -1.77. The standard InChI is InChI=1S/C8H11F3N4O2/c1-15-3-4(12)6(14-15)7(17)13-2-5(16)8(9,10)11/h3,5,16H,2,12H2,1H3,(H,13,17). The molecule has 17 heavy (non-hydrogen) atoms. The summed E-state index contributed by atoms with van der Waals surface area (Å²) in [5.41, 5.74) is 5.27. The monoisotopic (exact) mass is 252 g/mol. The second kappa shape index (κ2) is 4.62. The van der Waals surface area contributed by atoms with Crippen LogP contribution in [0.15, 0.2) is 6.20 Å². The Morgan fingerprint density at radius 3 is 2.71 bits per heavy atom. The third-order valence-electron chi connectivity index (χ3n) is 1.91. The molecular weight excluding hydrogens is 241 g/mol. The van der Waals surface area contributed by atoms with Gasteiger partial charge in [-0.2, -0.15) is 18.3 Å². The lowest BCUT2D eigenvalue weighted by atomic mass is 10.3. The number of aryl methyl sites for hydroxylation is 1. The van der Waals surface area contributed by atoms with Crippen molar-refractivity contribution in [2.45, 2.75) is 12.3 Å². The molecule has 1 aromatic rings. The van der Waals surface area contributed by atoms with Crippen LogP contribution in [0, 0.1) is 0 Å². The number of nitrogen functional groups attached to an aromatic ring is 1. The molecule has 1 rings (SSSR count). The number of rotatable bonds is 3. The maximum Gasteiger partial charge on any atom is 0.416 e. The summed E-state index contributed by atoms with van der Waals surface area (Å²) in [6, 6.07) is 0. The molecule has 1 atom stereocenters. The summed E-state index contributed by atoms with van der Waals surface area (Å²) in [6.45, 7) is -0.946. The van der Waals surface area contributed by atoms with Gasteiger partial charge in [0.15, 0.2) is 11.8 Å². The van der Waals surface area contributed by atoms with Crippen molar-refractivity contribution < 1.29 is 23.1 Å². The molecular formula is C8H11F3N4O2. The van der Waals surface area contributed by atoms with Crippen LogP contribution < -0.4 is 11.1 Å². The zero-order valence-corrected chi connectivity index (χ0v) is 8.82. The number of hydrogen-bond donors (Lipinski definition) is 3. The quantitative estimate of drug-likeness (QED) is 0.685. The number of carbonyl (C=O) groups is 1. The number of alkyl halides is 3. The van der Waals surface area contributed by atoms with E-state index in [1.807, 2.05) is 5.32 Å². The maximum atomic E-state index is 11.9. The summed E-state index contributed by atoms with van der Waals surface area (Å²) in [6.07, 6.45) is -6.05. The van der Waals surface area contributed by atoms with Crippen LogP contribution in [0.3, 0.4) is 0 Å². The highest BCUT2D eigenvalue weighted by Crippen LogP contribution is 2.19. The van der Waals surface area contributed by atoms with Crippen LogP contribution in [0.5, 0.6) is 0 Å². The van der Waals surface area contributed by atoms with Crippen LogP contribution in [0.25, 0.3) is 0 Å². The minimum Gasteiger partial charge on any atom is -0.396 e. The third kappa shape index (κ3) is 3.34. The van der Waals surface area contributed by atoms with Crippen molar-refractivity contribution in [1.29, 1.82) is 0 Å². The molecule has 6 nitrogen and oxygen atoms in total. The molecule has 9 heteroatoms. The van der Waals surface area contributed by atoms with Crippen molar-refractivity contribution in [2.24, 2.45) is 7.05 Å². The van der Waals surface area contributed by atoms with Crippen LogP contribution in [0.2, 0.25) is 0 Å². The topological polar surface area (TPSA) is 93.2 Å².